The van der Waals surface area contributed by atoms with Crippen LogP contribution in [0.2, 0.25) is 0 Å². The van der Waals surface area contributed by atoms with Crippen LogP contribution in [0.15, 0.2) is 106 Å². The molecule has 0 saturated heterocycles. The van der Waals surface area contributed by atoms with Gasteiger partial charge in [0.15, 0.2) is 0 Å². The lowest BCUT2D eigenvalue weighted by molar-refractivity contribution is -0.137. The van der Waals surface area contributed by atoms with Gasteiger partial charge in [-0.2, -0.15) is 0 Å². The van der Waals surface area contributed by atoms with E-state index >= 15 is 0 Å². The Morgan fingerprint density at radius 3 is 0.611 bits per heavy atom. The number of aryl methyl sites for hydroxylation is 2. The van der Waals surface area contributed by atoms with Gasteiger partial charge in [0.05, 0.1) is 13.2 Å². The van der Waals surface area contributed by atoms with Crippen LogP contribution in [0.5, 0.6) is 11.5 Å². The average Bonchev–Trinajstić information content (AvgIpc) is 0.917. The zero-order valence-corrected chi connectivity index (χ0v) is 149. The van der Waals surface area contributed by atoms with Gasteiger partial charge in [-0.05, 0) is 124 Å². The van der Waals surface area contributed by atoms with Crippen LogP contribution in [0.4, 0.5) is 11.4 Å². The summed E-state index contributed by atoms with van der Waals surface area (Å²) in [5, 5.41) is 11.4. The number of carboxylic acid groups (broad SMARTS) is 1. The maximum Gasteiger partial charge on any atom is 0.303 e. The monoisotopic (exact) mass is 3870 g/mol. The predicted octanol–water partition coefficient (Wildman–Crippen LogP) is 10.2. The Kier molecular flexibility index (Phi) is 159. The Bertz CT molecular complexity index is 9510. The Labute approximate surface area is 1140 Å². The van der Waals surface area contributed by atoms with Gasteiger partial charge in [-0.1, -0.05) is 68.3 Å². The Balaban J connectivity index is 0.00000202. The molecule has 0 aliphatic rings. The number of aliphatic carboxylic acids is 1. The van der Waals surface area contributed by atoms with Crippen LogP contribution in [0.1, 0.15) is 62.5 Å². The van der Waals surface area contributed by atoms with Crippen molar-refractivity contribution < 1.29 is 24.2 Å². The van der Waals surface area contributed by atoms with Crippen molar-refractivity contribution in [3.05, 3.63) is 117 Å². The van der Waals surface area contributed by atoms with Crippen molar-refractivity contribution in [3.8, 4) is 11.5 Å². The molecule has 0 aliphatic heterocycles. The Morgan fingerprint density at radius 1 is 0.250 bits per heavy atom. The molecule has 0 aliphatic carbocycles. The maximum absolute atomic E-state index is 11.9. The number of nitrogens with one attached hydrogen (secondary N) is 1. The zero-order chi connectivity index (χ0) is 104. The molecular formula is C38H46Br2N2O5S97. The first-order valence-electron chi connectivity index (χ1n) is 31.6. The highest BCUT2D eigenvalue weighted by Gasteiger charge is 2.03. The summed E-state index contributed by atoms with van der Waals surface area (Å²) >= 11 is 26.0. The summed E-state index contributed by atoms with van der Waals surface area (Å²) in [6.07, 6.45) is 6.10. The highest BCUT2D eigenvalue weighted by molar-refractivity contribution is 9.11. The molecule has 0 atom stereocenters. The second-order valence-corrected chi connectivity index (χ2v) is 184. The van der Waals surface area contributed by atoms with Crippen LogP contribution in [0, 0.1) is 13.8 Å². The molecule has 144 heavy (non-hydrogen) atoms. The molecule has 0 spiro atoms. The van der Waals surface area contributed by atoms with Gasteiger partial charge in [0, 0.05) is 904 Å². The summed E-state index contributed by atoms with van der Waals surface area (Å²) in [6, 6.07) is 31.2. The van der Waals surface area contributed by atoms with E-state index in [4.69, 9.17) is 65.1 Å². The highest BCUT2D eigenvalue weighted by Crippen LogP contribution is 2.19. The smallest absolute Gasteiger partial charge is 0.303 e. The van der Waals surface area contributed by atoms with E-state index in [9.17, 15) is 9.59 Å². The summed E-state index contributed by atoms with van der Waals surface area (Å²) in [6.45, 7) is 5.35. The number of carbonyl (C=O) groups excluding carboxylic acids is 1. The summed E-state index contributed by atoms with van der Waals surface area (Å²) in [4.78, 5) is 22.1. The van der Waals surface area contributed by atoms with Gasteiger partial charge in [-0.15, -0.1) is 0 Å². The number of nitrogens with two attached hydrogens (primary N) is 1. The third kappa shape index (κ3) is 138. The minimum Gasteiger partial charge on any atom is -0.494 e. The molecule has 0 fully saturated rings. The number of ether oxygens (including phenoxy) is 2. The lowest BCUT2D eigenvalue weighted by Crippen LogP contribution is -2.11. The molecule has 834 valence electrons. The lowest BCUT2D eigenvalue weighted by Gasteiger charge is -2.07. The fourth-order valence-electron chi connectivity index (χ4n) is 5.24. The first kappa shape index (κ1) is 162. The van der Waals surface area contributed by atoms with Crippen LogP contribution in [-0.4, -0.2) is 30.2 Å². The zero-order valence-electron chi connectivity index (χ0n) is 66.8. The second-order valence-electron chi connectivity index (χ2n) is 17.3. The van der Waals surface area contributed by atoms with E-state index in [0.29, 0.717) is 19.6 Å². The van der Waals surface area contributed by atoms with Gasteiger partial charge in [0.25, 0.3) is 0 Å². The number of nitrogen functional groups attached to an aromatic ring is 1. The number of halogens is 2. The van der Waals surface area contributed by atoms with E-state index in [0.717, 1.165) is 75.9 Å². The third-order valence-electron chi connectivity index (χ3n) is 9.08. The van der Waals surface area contributed by atoms with Gasteiger partial charge < -0.3 is 25.6 Å². The molecule has 7 nitrogen and oxygen atoms in total. The SMILES string of the molecule is Cc1cccc(N)c1.Cc1cccc(NC(=O)CCCCCOc2cccc(Br)c2)c1.O=C(O)CCCCCOc1cccc(Br)c1.S=S=S=S=S=S=S=S=S=S=S=S=S=S=S=S=S=S=S=S=S=S=S=S=S=S=S=S=S=S=S=S=S=S=S=S=S=S.S=S=S=S=S=S=S=S=S=S=S=S=S=S=S=S=S=S=S=S=S=S=S=S=S=S=S=S=S=S=S=S=S=S=S=S=S=S=S=S=S=S=S=S=S=S=S=S=S=S=S=S=S=S=S=S=S=S=S. The van der Waals surface area contributed by atoms with Crippen LogP contribution in [0.25, 0.3) is 0 Å². The number of benzene rings is 4. The van der Waals surface area contributed by atoms with Crippen LogP contribution in [0.3, 0.4) is 0 Å². The molecule has 4 aromatic rings. The van der Waals surface area contributed by atoms with E-state index in [1.807, 2.05) is 688 Å². The first-order valence-corrected chi connectivity index (χ1v) is 160. The highest BCUT2D eigenvalue weighted by atomic mass is 79.9. The van der Waals surface area contributed by atoms with Crippen LogP contribution >= 0.6 is 31.9 Å². The molecule has 0 aromatic heterocycles. The summed E-state index contributed by atoms with van der Waals surface area (Å²) in [7, 11) is 166. The van der Waals surface area contributed by atoms with Gasteiger partial charge >= 0.3 is 5.97 Å². The molecule has 106 heteroatoms. The number of anilines is 2. The fraction of sp³-hybridized carbons (Fsp3) is 0.316. The van der Waals surface area contributed by atoms with Crippen molar-refractivity contribution in [1.29, 1.82) is 0 Å². The minimum atomic E-state index is -0.729. The normalized spacial score (nSPS) is 8.50. The number of hydrogen-bond donors (Lipinski definition) is 3. The molecular weight excluding hydrogens is 3830 g/mol. The fourth-order valence-corrected chi connectivity index (χ4v) is 250. The van der Waals surface area contributed by atoms with E-state index in [1.54, 1.807) is 213 Å². The van der Waals surface area contributed by atoms with Crippen molar-refractivity contribution in [2.24, 2.45) is 0 Å². The number of carbonyl (C=O) groups is 2. The second kappa shape index (κ2) is 142. The molecule has 0 saturated carbocycles. The molecule has 4 aromatic carbocycles. The van der Waals surface area contributed by atoms with Gasteiger partial charge in [-0.25, -0.2) is 0 Å². The number of rotatable bonds is 15. The number of unbranched alkanes of at least 4 members (excludes halogenated alkanes) is 4. The topological polar surface area (TPSA) is 111 Å². The third-order valence-corrected chi connectivity index (χ3v) is 212. The van der Waals surface area contributed by atoms with Crippen LogP contribution in [-0.2, 0) is 880 Å². The van der Waals surface area contributed by atoms with Crippen molar-refractivity contribution in [2.45, 2.75) is 65.2 Å². The Hall–Kier alpha value is 17.5. The number of hydrogen-bond acceptors (Lipinski definition) is 9. The number of carboxylic acids is 1. The van der Waals surface area contributed by atoms with Gasteiger partial charge in [-0.3, -0.25) is 9.59 Å². The molecule has 4 rings (SSSR count). The molecule has 0 bridgehead atoms. The number of amides is 1. The largest absolute Gasteiger partial charge is 0.494 e. The van der Waals surface area contributed by atoms with E-state index in [-0.39, 0.29) is 12.3 Å². The van der Waals surface area contributed by atoms with Crippen LogP contribution < -0.4 is 20.5 Å². The van der Waals surface area contributed by atoms with Gasteiger partial charge in [0.2, 0.25) is 5.91 Å². The maximum atomic E-state index is 11.9. The summed E-state index contributed by atoms with van der Waals surface area (Å²) in [5.41, 5.74) is 9.52. The standard InChI is InChI=1S/C19H22BrNO2.C12H15BrO3.C7H9N.S59.S38/c1-15-7-5-9-17(13-15)21-19(22)11-3-2-4-12-23-18-10-6-8-16(20)14-18;13-10-5-4-6-11(9-10)16-8-3-1-2-7-12(14)15;1-6-3-2-4-7(8)5-6;1-3-5-7-9-11-13-15-17-19-21-23-25-27-29-31-33-35-37-39-41-43-45-47-49-51-53-55-57-59-58-56-54-52-50-48-46-44-42-40-38-36-34-32-30-28-26-24-22-20-18-16-14-12-10-8-6-4-2;1-3-5-7-9-11-13-15-17-19-21-23-25-27-29-31-33-35-37-38-36-34-32-30-28-26-24-22-20-18-16-14-12-10-8-6-4-2/h5-10,13-14H,2-4,11-12H2,1H3,(H,21,22);4-6,9H,1-3,7-8H2,(H,14,15);2-5H,8H2,1H3;;. The predicted molar refractivity (Wildman–Crippen MR) is 914 cm³/mol. The van der Waals surface area contributed by atoms with Gasteiger partial charge in [0.1, 0.15) is 11.5 Å². The van der Waals surface area contributed by atoms with Crippen molar-refractivity contribution >= 4 is 926 Å². The summed E-state index contributed by atoms with van der Waals surface area (Å²) < 4.78 is 13.2. The minimum absolute atomic E-state index is 0.0727. The molecule has 4 N–H and O–H groups in total. The first-order chi connectivity index (χ1) is 70.9. The van der Waals surface area contributed by atoms with Crippen molar-refractivity contribution in [3.63, 3.8) is 0 Å². The molecule has 0 unspecified atom stereocenters. The lowest BCUT2D eigenvalue weighted by atomic mass is 10.2. The van der Waals surface area contributed by atoms with E-state index in [2.05, 4.69) is 37.2 Å². The van der Waals surface area contributed by atoms with Crippen molar-refractivity contribution in [1.82, 2.24) is 0 Å². The molecule has 1 amide bonds. The van der Waals surface area contributed by atoms with E-state index < -0.39 is 5.97 Å². The summed E-state index contributed by atoms with van der Waals surface area (Å²) in [5.74, 6) is 1.06. The average molecular weight is 3880 g/mol. The molecule has 0 heterocycles. The quantitative estimate of drug-likeness (QED) is 0.0786. The Morgan fingerprint density at radius 2 is 0.438 bits per heavy atom. The molecule has 0 radical (unpaired) electrons. The van der Waals surface area contributed by atoms with Crippen molar-refractivity contribution in [2.75, 3.05) is 24.3 Å². The van der Waals surface area contributed by atoms with E-state index in [1.165, 1.54) is 41.1 Å².